The molecule has 0 saturated carbocycles. The van der Waals surface area contributed by atoms with Gasteiger partial charge in [-0.25, -0.2) is 14.5 Å². The van der Waals surface area contributed by atoms with Gasteiger partial charge in [-0.2, -0.15) is 0 Å². The summed E-state index contributed by atoms with van der Waals surface area (Å²) in [6.45, 7) is 3.08. The number of hydrogen-bond donors (Lipinski definition) is 5. The van der Waals surface area contributed by atoms with Crippen molar-refractivity contribution in [3.05, 3.63) is 28.2 Å². The lowest BCUT2D eigenvalue weighted by molar-refractivity contribution is -0.137. The lowest BCUT2D eigenvalue weighted by Crippen LogP contribution is -2.32. The summed E-state index contributed by atoms with van der Waals surface area (Å²) < 4.78 is 15.4. The molecule has 1 atom stereocenters. The molecule has 0 radical (unpaired) electrons. The second kappa shape index (κ2) is 12.2. The van der Waals surface area contributed by atoms with E-state index in [2.05, 4.69) is 14.5 Å². The number of carboxylic acid groups (broad SMARTS) is 1. The summed E-state index contributed by atoms with van der Waals surface area (Å²) >= 11 is 0. The van der Waals surface area contributed by atoms with Crippen molar-refractivity contribution in [3.63, 3.8) is 0 Å². The molecule has 168 valence electrons. The summed E-state index contributed by atoms with van der Waals surface area (Å²) in [5.74, 6) is -0.364. The van der Waals surface area contributed by atoms with Crippen molar-refractivity contribution >= 4 is 47.6 Å². The van der Waals surface area contributed by atoms with Crippen LogP contribution in [0.2, 0.25) is 0 Å². The molecule has 0 aliphatic carbocycles. The van der Waals surface area contributed by atoms with Gasteiger partial charge in [0.25, 0.3) is 0 Å². The van der Waals surface area contributed by atoms with Gasteiger partial charge >= 0.3 is 13.8 Å². The maximum atomic E-state index is 11.7. The van der Waals surface area contributed by atoms with Crippen LogP contribution in [0.15, 0.2) is 16.8 Å². The minimum Gasteiger partial charge on any atom is -0.480 e. The van der Waals surface area contributed by atoms with Gasteiger partial charge in [-0.05, 0) is 13.8 Å². The monoisotopic (exact) mass is 481 g/mol. The van der Waals surface area contributed by atoms with Crippen molar-refractivity contribution in [2.24, 2.45) is 5.73 Å². The zero-order valence-electron chi connectivity index (χ0n) is 16.3. The number of nitrogens with zero attached hydrogens (tertiary/aromatic N) is 3. The molecule has 1 aromatic rings. The molecule has 1 unspecified atom stereocenters. The van der Waals surface area contributed by atoms with Crippen LogP contribution in [0.25, 0.3) is 0 Å². The number of aromatic nitrogens is 2. The molecular formula is C15H24N5O7PS2. The number of aliphatic carboxylic acids is 1. The van der Waals surface area contributed by atoms with E-state index in [1.54, 1.807) is 13.8 Å². The lowest BCUT2D eigenvalue weighted by Gasteiger charge is -2.22. The largest absolute Gasteiger partial charge is 0.480 e. The van der Waals surface area contributed by atoms with E-state index in [1.807, 2.05) is 0 Å². The van der Waals surface area contributed by atoms with E-state index in [9.17, 15) is 14.2 Å². The molecule has 0 aliphatic heterocycles. The van der Waals surface area contributed by atoms with E-state index in [1.165, 1.54) is 11.1 Å². The molecule has 30 heavy (non-hydrogen) atoms. The first kappa shape index (κ1) is 26.4. The Morgan fingerprint density at radius 2 is 2.13 bits per heavy atom. The molecule has 0 fully saturated rings. The number of carbonyl (C=O) groups is 2. The molecule has 0 spiro atoms. The number of allylic oxidation sites excluding steroid dienone is 1. The molecule has 15 heteroatoms. The Labute approximate surface area is 181 Å². The summed E-state index contributed by atoms with van der Waals surface area (Å²) in [5.41, 5.74) is 12.3. The molecule has 1 aromatic heterocycles. The van der Waals surface area contributed by atoms with Crippen LogP contribution in [0.5, 0.6) is 0 Å². The summed E-state index contributed by atoms with van der Waals surface area (Å²) in [5, 5.41) is 8.88. The number of carboxylic acids is 1. The Kier molecular flexibility index (Phi) is 10.8. The first-order valence-electron chi connectivity index (χ1n) is 8.42. The standard InChI is InChI=1S/C15H24N5O7PS2/c1-9(20(8-21)6-11-5-18-10(2)19-14(11)17)13(3-4-27-28(24,25)26)30-29-7-12(16)15(22)23/h5,8,12H,3-4,6-7,16H2,1-2H3,(H,22,23)(H2,17,18,19)(H2,24,25,26)/b13-9-. The zero-order valence-corrected chi connectivity index (χ0v) is 18.8. The summed E-state index contributed by atoms with van der Waals surface area (Å²) in [4.78, 5) is 50.3. The van der Waals surface area contributed by atoms with Crippen molar-refractivity contribution in [3.8, 4) is 0 Å². The molecule has 0 saturated heterocycles. The predicted octanol–water partition coefficient (Wildman–Crippen LogP) is 0.850. The highest BCUT2D eigenvalue weighted by Crippen LogP contribution is 2.39. The first-order chi connectivity index (χ1) is 13.9. The minimum absolute atomic E-state index is 0.0706. The van der Waals surface area contributed by atoms with Crippen LogP contribution in [0, 0.1) is 6.92 Å². The fourth-order valence-electron chi connectivity index (χ4n) is 2.00. The number of rotatable bonds is 13. The number of nitrogen functional groups attached to an aromatic ring is 1. The van der Waals surface area contributed by atoms with Gasteiger partial charge < -0.3 is 31.3 Å². The van der Waals surface area contributed by atoms with Crippen molar-refractivity contribution < 1.29 is 33.6 Å². The first-order valence-corrected chi connectivity index (χ1v) is 12.3. The molecule has 0 bridgehead atoms. The van der Waals surface area contributed by atoms with Crippen LogP contribution in [-0.4, -0.2) is 60.5 Å². The van der Waals surface area contributed by atoms with Crippen molar-refractivity contribution in [2.75, 3.05) is 18.1 Å². The third-order valence-electron chi connectivity index (χ3n) is 3.63. The van der Waals surface area contributed by atoms with Crippen LogP contribution in [0.1, 0.15) is 24.7 Å². The SMILES string of the molecule is C/C(=C(\CCOP(=O)(O)O)SSCC(N)C(=O)O)N(C=O)Cc1cnc(C)nc1N. The second-order valence-corrected chi connectivity index (χ2v) is 9.63. The van der Waals surface area contributed by atoms with E-state index in [4.69, 9.17) is 26.4 Å². The number of anilines is 1. The lowest BCUT2D eigenvalue weighted by atomic mass is 10.2. The van der Waals surface area contributed by atoms with E-state index in [0.717, 1.165) is 21.6 Å². The molecule has 1 rings (SSSR count). The van der Waals surface area contributed by atoms with Crippen LogP contribution >= 0.6 is 29.4 Å². The third kappa shape index (κ3) is 9.43. The molecular weight excluding hydrogens is 457 g/mol. The highest BCUT2D eigenvalue weighted by molar-refractivity contribution is 8.78. The average Bonchev–Trinajstić information content (AvgIpc) is 2.64. The third-order valence-corrected chi connectivity index (χ3v) is 6.83. The van der Waals surface area contributed by atoms with Gasteiger partial charge in [0.15, 0.2) is 0 Å². The quantitative estimate of drug-likeness (QED) is 0.151. The number of hydrogen-bond acceptors (Lipinski definition) is 10. The maximum Gasteiger partial charge on any atom is 0.469 e. The molecule has 1 amide bonds. The fourth-order valence-corrected chi connectivity index (χ4v) is 4.92. The van der Waals surface area contributed by atoms with Crippen molar-refractivity contribution in [1.29, 1.82) is 0 Å². The van der Waals surface area contributed by atoms with Crippen molar-refractivity contribution in [1.82, 2.24) is 14.9 Å². The molecule has 0 aromatic carbocycles. The number of phosphoric ester groups is 1. The summed E-state index contributed by atoms with van der Waals surface area (Å²) in [7, 11) is -2.38. The van der Waals surface area contributed by atoms with E-state index in [0.29, 0.717) is 28.4 Å². The fraction of sp³-hybridized carbons (Fsp3) is 0.467. The molecule has 1 heterocycles. The average molecular weight is 481 g/mol. The Hall–Kier alpha value is -1.67. The van der Waals surface area contributed by atoms with Crippen molar-refractivity contribution in [2.45, 2.75) is 32.9 Å². The van der Waals surface area contributed by atoms with E-state index >= 15 is 0 Å². The number of amides is 1. The van der Waals surface area contributed by atoms with Gasteiger partial charge in [-0.1, -0.05) is 21.6 Å². The van der Waals surface area contributed by atoms with E-state index in [-0.39, 0.29) is 31.1 Å². The minimum atomic E-state index is -4.66. The van der Waals surface area contributed by atoms with Crippen LogP contribution in [0.4, 0.5) is 5.82 Å². The molecule has 7 N–H and O–H groups in total. The zero-order chi connectivity index (χ0) is 22.9. The normalized spacial score (nSPS) is 13.5. The molecule has 12 nitrogen and oxygen atoms in total. The van der Waals surface area contributed by atoms with Crippen LogP contribution in [-0.2, 0) is 25.2 Å². The number of phosphoric acid groups is 1. The summed E-state index contributed by atoms with van der Waals surface area (Å²) in [6.07, 6.45) is 2.15. The second-order valence-electron chi connectivity index (χ2n) is 5.96. The van der Waals surface area contributed by atoms with Gasteiger partial charge in [0.05, 0.1) is 13.2 Å². The molecule has 0 aliphatic rings. The van der Waals surface area contributed by atoms with Crippen LogP contribution < -0.4 is 11.5 Å². The Bertz CT molecular complexity index is 836. The highest BCUT2D eigenvalue weighted by Gasteiger charge is 2.19. The number of aryl methyl sites for hydroxylation is 1. The maximum absolute atomic E-state index is 11.7. The van der Waals surface area contributed by atoms with Gasteiger partial charge in [0, 0.05) is 34.5 Å². The number of nitrogens with two attached hydrogens (primary N) is 2. The van der Waals surface area contributed by atoms with Gasteiger partial charge in [0.2, 0.25) is 6.41 Å². The predicted molar refractivity (Wildman–Crippen MR) is 114 cm³/mol. The smallest absolute Gasteiger partial charge is 0.469 e. The van der Waals surface area contributed by atoms with Crippen LogP contribution in [0.3, 0.4) is 0 Å². The Morgan fingerprint density at radius 3 is 2.67 bits per heavy atom. The summed E-state index contributed by atoms with van der Waals surface area (Å²) in [6, 6.07) is -1.08. The number of carbonyl (C=O) groups excluding carboxylic acids is 1. The van der Waals surface area contributed by atoms with Gasteiger partial charge in [-0.3, -0.25) is 14.1 Å². The van der Waals surface area contributed by atoms with Gasteiger partial charge in [-0.15, -0.1) is 0 Å². The Morgan fingerprint density at radius 1 is 1.47 bits per heavy atom. The van der Waals surface area contributed by atoms with Gasteiger partial charge in [0.1, 0.15) is 17.7 Å². The van der Waals surface area contributed by atoms with E-state index < -0.39 is 19.8 Å². The topological polar surface area (TPSA) is 202 Å². The highest BCUT2D eigenvalue weighted by atomic mass is 33.1. The Balaban J connectivity index is 3.01.